The van der Waals surface area contributed by atoms with Crippen LogP contribution in [-0.2, 0) is 26.1 Å². The molecule has 0 unspecified atom stereocenters. The van der Waals surface area contributed by atoms with Crippen LogP contribution in [0.25, 0.3) is 11.4 Å². The Labute approximate surface area is 146 Å². The van der Waals surface area contributed by atoms with E-state index in [4.69, 9.17) is 4.98 Å². The van der Waals surface area contributed by atoms with Gasteiger partial charge in [-0.3, -0.25) is 9.88 Å². The van der Waals surface area contributed by atoms with Gasteiger partial charge < -0.3 is 5.11 Å². The lowest BCUT2D eigenvalue weighted by Gasteiger charge is -2.28. The van der Waals surface area contributed by atoms with E-state index in [2.05, 4.69) is 39.2 Å². The Hall–Kier alpha value is -2.57. The molecule has 0 aliphatic carbocycles. The Morgan fingerprint density at radius 1 is 1.04 bits per heavy atom. The highest BCUT2D eigenvalue weighted by atomic mass is 16.3. The smallest absolute Gasteiger partial charge is 0.181 e. The largest absolute Gasteiger partial charge is 0.394 e. The number of benzene rings is 1. The molecule has 3 heterocycles. The van der Waals surface area contributed by atoms with E-state index in [0.29, 0.717) is 12.4 Å². The van der Waals surface area contributed by atoms with Gasteiger partial charge in [0.2, 0.25) is 0 Å². The first-order chi connectivity index (χ1) is 12.3. The Morgan fingerprint density at radius 2 is 1.84 bits per heavy atom. The molecule has 0 fully saturated rings. The van der Waals surface area contributed by atoms with Crippen molar-refractivity contribution < 1.29 is 5.11 Å². The second-order valence-corrected chi connectivity index (χ2v) is 6.26. The summed E-state index contributed by atoms with van der Waals surface area (Å²) < 4.78 is 1.82. The number of fused-ring (bicyclic) bond motifs is 1. The minimum absolute atomic E-state index is 0.0506. The van der Waals surface area contributed by atoms with Crippen LogP contribution in [0.4, 0.5) is 0 Å². The summed E-state index contributed by atoms with van der Waals surface area (Å²) in [6, 6.07) is 12.4. The maximum absolute atomic E-state index is 9.35. The van der Waals surface area contributed by atoms with Gasteiger partial charge in [-0.05, 0) is 29.7 Å². The fourth-order valence-electron chi connectivity index (χ4n) is 3.28. The summed E-state index contributed by atoms with van der Waals surface area (Å²) in [4.78, 5) is 11.1. The van der Waals surface area contributed by atoms with Crippen molar-refractivity contribution >= 4 is 0 Å². The quantitative estimate of drug-likeness (QED) is 0.771. The second kappa shape index (κ2) is 7.13. The van der Waals surface area contributed by atoms with Crippen molar-refractivity contribution in [1.29, 1.82) is 0 Å². The minimum Gasteiger partial charge on any atom is -0.394 e. The Bertz CT molecular complexity index is 846. The van der Waals surface area contributed by atoms with Crippen molar-refractivity contribution in [2.24, 2.45) is 0 Å². The molecule has 128 valence electrons. The topological polar surface area (TPSA) is 67.1 Å². The van der Waals surface area contributed by atoms with E-state index < -0.39 is 0 Å². The molecule has 6 nitrogen and oxygen atoms in total. The third-order valence-electron chi connectivity index (χ3n) is 4.57. The number of pyridine rings is 1. The average Bonchev–Trinajstić information content (AvgIpc) is 3.05. The fraction of sp³-hybridized carbons (Fsp3) is 0.316. The third kappa shape index (κ3) is 3.45. The highest BCUT2D eigenvalue weighted by Gasteiger charge is 2.19. The van der Waals surface area contributed by atoms with E-state index in [0.717, 1.165) is 37.4 Å². The maximum Gasteiger partial charge on any atom is 0.181 e. The molecule has 3 aromatic rings. The van der Waals surface area contributed by atoms with Crippen LogP contribution in [0.15, 0.2) is 48.8 Å². The molecule has 1 aliphatic rings. The SMILES string of the molecule is OCCn1nc(-c2ccncc2)nc1CN1CCc2ccccc2C1. The van der Waals surface area contributed by atoms with Gasteiger partial charge >= 0.3 is 0 Å². The molecule has 1 N–H and O–H groups in total. The molecule has 1 aromatic carbocycles. The van der Waals surface area contributed by atoms with Crippen molar-refractivity contribution in [3.05, 3.63) is 65.7 Å². The summed E-state index contributed by atoms with van der Waals surface area (Å²) in [5.74, 6) is 1.57. The second-order valence-electron chi connectivity index (χ2n) is 6.26. The van der Waals surface area contributed by atoms with Gasteiger partial charge in [0.25, 0.3) is 0 Å². The minimum atomic E-state index is 0.0506. The van der Waals surface area contributed by atoms with E-state index in [1.807, 2.05) is 16.8 Å². The van der Waals surface area contributed by atoms with Crippen LogP contribution >= 0.6 is 0 Å². The number of nitrogens with zero attached hydrogens (tertiary/aromatic N) is 5. The highest BCUT2D eigenvalue weighted by Crippen LogP contribution is 2.21. The first kappa shape index (κ1) is 15.9. The van der Waals surface area contributed by atoms with Crippen molar-refractivity contribution in [2.75, 3.05) is 13.2 Å². The number of hydrogen-bond donors (Lipinski definition) is 1. The lowest BCUT2D eigenvalue weighted by molar-refractivity contribution is 0.226. The Morgan fingerprint density at radius 3 is 2.64 bits per heavy atom. The normalized spacial score (nSPS) is 14.4. The molecule has 6 heteroatoms. The lowest BCUT2D eigenvalue weighted by atomic mass is 10.00. The standard InChI is InChI=1S/C19H21N5O/c25-12-11-24-18(21-19(22-24)16-5-8-20-9-6-16)14-23-10-7-15-3-1-2-4-17(15)13-23/h1-6,8-9,25H,7,10-14H2. The molecule has 0 radical (unpaired) electrons. The van der Waals surface area contributed by atoms with Crippen molar-refractivity contribution in [1.82, 2.24) is 24.6 Å². The third-order valence-corrected chi connectivity index (χ3v) is 4.57. The van der Waals surface area contributed by atoms with E-state index in [9.17, 15) is 5.11 Å². The Kier molecular flexibility index (Phi) is 4.54. The van der Waals surface area contributed by atoms with E-state index >= 15 is 0 Å². The zero-order valence-corrected chi connectivity index (χ0v) is 14.0. The molecule has 1 aliphatic heterocycles. The maximum atomic E-state index is 9.35. The summed E-state index contributed by atoms with van der Waals surface area (Å²) in [6.45, 7) is 3.17. The zero-order chi connectivity index (χ0) is 17.1. The van der Waals surface area contributed by atoms with Crippen LogP contribution in [0.3, 0.4) is 0 Å². The molecule has 2 aromatic heterocycles. The highest BCUT2D eigenvalue weighted by molar-refractivity contribution is 5.53. The summed E-state index contributed by atoms with van der Waals surface area (Å²) in [5.41, 5.74) is 3.77. The summed E-state index contributed by atoms with van der Waals surface area (Å²) in [7, 11) is 0. The molecular formula is C19H21N5O. The van der Waals surface area contributed by atoms with E-state index in [1.165, 1.54) is 11.1 Å². The van der Waals surface area contributed by atoms with Gasteiger partial charge in [-0.15, -0.1) is 0 Å². The predicted molar refractivity (Wildman–Crippen MR) is 94.6 cm³/mol. The predicted octanol–water partition coefficient (Wildman–Crippen LogP) is 1.89. The van der Waals surface area contributed by atoms with Crippen LogP contribution < -0.4 is 0 Å². The molecule has 0 amide bonds. The van der Waals surface area contributed by atoms with Crippen LogP contribution in [0.5, 0.6) is 0 Å². The van der Waals surface area contributed by atoms with Crippen LogP contribution in [0, 0.1) is 0 Å². The number of aromatic nitrogens is 4. The van der Waals surface area contributed by atoms with Gasteiger partial charge in [-0.2, -0.15) is 5.10 Å². The van der Waals surface area contributed by atoms with Gasteiger partial charge in [0.15, 0.2) is 5.82 Å². The van der Waals surface area contributed by atoms with Crippen LogP contribution in [0.1, 0.15) is 17.0 Å². The van der Waals surface area contributed by atoms with Gasteiger partial charge in [0, 0.05) is 31.0 Å². The fourth-order valence-corrected chi connectivity index (χ4v) is 3.28. The Balaban J connectivity index is 1.57. The molecule has 0 saturated carbocycles. The van der Waals surface area contributed by atoms with Gasteiger partial charge in [0.1, 0.15) is 5.82 Å². The number of hydrogen-bond acceptors (Lipinski definition) is 5. The number of aliphatic hydroxyl groups excluding tert-OH is 1. The molecule has 0 spiro atoms. The number of rotatable bonds is 5. The first-order valence-electron chi connectivity index (χ1n) is 8.57. The molecular weight excluding hydrogens is 314 g/mol. The van der Waals surface area contributed by atoms with E-state index in [1.54, 1.807) is 12.4 Å². The summed E-state index contributed by atoms with van der Waals surface area (Å²) >= 11 is 0. The first-order valence-corrected chi connectivity index (χ1v) is 8.57. The summed E-state index contributed by atoms with van der Waals surface area (Å²) in [5, 5.41) is 13.9. The van der Waals surface area contributed by atoms with Gasteiger partial charge in [0.05, 0.1) is 19.7 Å². The monoisotopic (exact) mass is 335 g/mol. The van der Waals surface area contributed by atoms with Crippen molar-refractivity contribution in [2.45, 2.75) is 26.1 Å². The molecule has 25 heavy (non-hydrogen) atoms. The molecule has 0 bridgehead atoms. The summed E-state index contributed by atoms with van der Waals surface area (Å²) in [6.07, 6.45) is 4.54. The zero-order valence-electron chi connectivity index (χ0n) is 14.0. The van der Waals surface area contributed by atoms with Gasteiger partial charge in [-0.25, -0.2) is 9.67 Å². The van der Waals surface area contributed by atoms with Crippen LogP contribution in [0.2, 0.25) is 0 Å². The van der Waals surface area contributed by atoms with Gasteiger partial charge in [-0.1, -0.05) is 24.3 Å². The molecule has 4 rings (SSSR count). The van der Waals surface area contributed by atoms with E-state index in [-0.39, 0.29) is 6.61 Å². The number of aliphatic hydroxyl groups is 1. The average molecular weight is 335 g/mol. The molecule has 0 saturated heterocycles. The van der Waals surface area contributed by atoms with Crippen molar-refractivity contribution in [3.8, 4) is 11.4 Å². The van der Waals surface area contributed by atoms with Crippen LogP contribution in [-0.4, -0.2) is 42.9 Å². The lowest BCUT2D eigenvalue weighted by Crippen LogP contribution is -2.31. The molecule has 0 atom stereocenters. The van der Waals surface area contributed by atoms with Crippen molar-refractivity contribution in [3.63, 3.8) is 0 Å².